The molecule has 3 nitrogen and oxygen atoms in total. The maximum atomic E-state index is 7.00. The molecule has 0 radical (unpaired) electrons. The largest absolute Gasteiger partial charge is 0.358 e. The zero-order valence-electron chi connectivity index (χ0n) is 11.5. The molecule has 0 saturated heterocycles. The van der Waals surface area contributed by atoms with Crippen molar-refractivity contribution in [1.29, 1.82) is 0 Å². The molecule has 1 atom stereocenters. The fourth-order valence-corrected chi connectivity index (χ4v) is 1.83. The van der Waals surface area contributed by atoms with E-state index in [2.05, 4.69) is 33.3 Å². The Hall–Kier alpha value is 0.304. The molecule has 0 spiro atoms. The third kappa shape index (κ3) is 14.3. The zero-order valence-corrected chi connectivity index (χ0v) is 12.9. The Labute approximate surface area is 111 Å². The van der Waals surface area contributed by atoms with E-state index in [0.717, 1.165) is 13.0 Å². The summed E-state index contributed by atoms with van der Waals surface area (Å²) >= 11 is 2.09. The number of hydrogen-bond acceptors (Lipinski definition) is 2. The van der Waals surface area contributed by atoms with Crippen molar-refractivity contribution in [3.63, 3.8) is 0 Å². The average Bonchev–Trinajstić information content (AvgIpc) is 2.74. The standard InChI is InChI=1S/C9H18N.CH3N.CH4O.CH3.V/c1-8(10-2)7-9-5-3-4-6-9;2*1-2;;/h8-9H,3-7H2,1-2H3;1H3;2H,1H3;1H3;/q-1;;;-1;+2. The van der Waals surface area contributed by atoms with Crippen LogP contribution in [-0.4, -0.2) is 32.4 Å². The molecule has 97 valence electrons. The molecule has 1 N–H and O–H groups in total. The smallest absolute Gasteiger partial charge is 0.358 e. The Morgan fingerprint density at radius 3 is 2.06 bits per heavy atom. The summed E-state index contributed by atoms with van der Waals surface area (Å²) in [4.78, 5) is 0. The molecule has 1 unspecified atom stereocenters. The second kappa shape index (κ2) is 17.7. The molecule has 0 bridgehead atoms. The maximum Gasteiger partial charge on any atom is -0.358 e. The fraction of sp³-hybridized carbons (Fsp3) is 0.917. The van der Waals surface area contributed by atoms with E-state index in [-0.39, 0.29) is 7.43 Å². The van der Waals surface area contributed by atoms with E-state index >= 15 is 0 Å². The summed E-state index contributed by atoms with van der Waals surface area (Å²) in [6.07, 6.45) is 7.17. The van der Waals surface area contributed by atoms with E-state index in [9.17, 15) is 0 Å². The van der Waals surface area contributed by atoms with Gasteiger partial charge in [-0.25, -0.2) is 0 Å². The van der Waals surface area contributed by atoms with Gasteiger partial charge in [0, 0.05) is 7.11 Å². The minimum absolute atomic E-state index is 0. The van der Waals surface area contributed by atoms with Crippen LogP contribution in [0.15, 0.2) is 3.79 Å². The molecule has 1 fully saturated rings. The van der Waals surface area contributed by atoms with Crippen molar-refractivity contribution >= 4 is 0 Å². The van der Waals surface area contributed by atoms with Gasteiger partial charge in [0.15, 0.2) is 0 Å². The summed E-state index contributed by atoms with van der Waals surface area (Å²) < 4.78 is 3.44. The molecule has 1 rings (SSSR count). The number of aliphatic hydroxyl groups is 1. The van der Waals surface area contributed by atoms with Crippen LogP contribution in [0.2, 0.25) is 0 Å². The van der Waals surface area contributed by atoms with Gasteiger partial charge in [-0.3, -0.25) is 0 Å². The normalized spacial score (nSPS) is 15.9. The SMILES string of the molecule is CO.C[N-]C(C)CC1CCCC1.C[N]=[V+2].[CH3-]. The van der Waals surface area contributed by atoms with Crippen molar-refractivity contribution in [2.45, 2.75) is 45.1 Å². The van der Waals surface area contributed by atoms with E-state index in [1.165, 1.54) is 32.1 Å². The van der Waals surface area contributed by atoms with Crippen LogP contribution in [0.5, 0.6) is 0 Å². The van der Waals surface area contributed by atoms with Gasteiger partial charge >= 0.3 is 28.1 Å². The predicted octanol–water partition coefficient (Wildman–Crippen LogP) is 3.36. The first kappa shape index (κ1) is 21.6. The van der Waals surface area contributed by atoms with Gasteiger partial charge in [0.25, 0.3) is 0 Å². The number of rotatable bonds is 3. The Morgan fingerprint density at radius 1 is 1.38 bits per heavy atom. The van der Waals surface area contributed by atoms with E-state index in [4.69, 9.17) is 5.11 Å². The average molecular weight is 267 g/mol. The number of hydrogen-bond donors (Lipinski definition) is 1. The first-order chi connectivity index (χ1) is 7.24. The summed E-state index contributed by atoms with van der Waals surface area (Å²) in [5.41, 5.74) is 0. The Kier molecular flexibility index (Phi) is 23.9. The third-order valence-corrected chi connectivity index (χ3v) is 2.59. The van der Waals surface area contributed by atoms with Crippen molar-refractivity contribution in [2.24, 2.45) is 9.71 Å². The summed E-state index contributed by atoms with van der Waals surface area (Å²) in [5.74, 6) is 0.999. The number of nitrogens with zero attached hydrogens (tertiary/aromatic N) is 2. The van der Waals surface area contributed by atoms with Crippen molar-refractivity contribution in [1.82, 2.24) is 0 Å². The molecular weight excluding hydrogens is 239 g/mol. The molecule has 0 heterocycles. The van der Waals surface area contributed by atoms with Crippen molar-refractivity contribution in [3.05, 3.63) is 12.7 Å². The van der Waals surface area contributed by atoms with Gasteiger partial charge in [0.2, 0.25) is 0 Å². The van der Waals surface area contributed by atoms with Crippen LogP contribution >= 0.6 is 0 Å². The van der Waals surface area contributed by atoms with Gasteiger partial charge in [-0.2, -0.15) is 7.05 Å². The molecule has 16 heavy (non-hydrogen) atoms. The van der Waals surface area contributed by atoms with Crippen LogP contribution in [0.1, 0.15) is 39.0 Å². The first-order valence-electron chi connectivity index (χ1n) is 5.51. The second-order valence-corrected chi connectivity index (χ2v) is 4.32. The Morgan fingerprint density at radius 2 is 1.75 bits per heavy atom. The molecule has 1 saturated carbocycles. The summed E-state index contributed by atoms with van der Waals surface area (Å²) in [6.45, 7) is 2.22. The van der Waals surface area contributed by atoms with Crippen molar-refractivity contribution in [2.75, 3.05) is 21.2 Å². The van der Waals surface area contributed by atoms with Crippen molar-refractivity contribution in [3.8, 4) is 0 Å². The van der Waals surface area contributed by atoms with Crippen LogP contribution in [0.25, 0.3) is 5.32 Å². The predicted molar refractivity (Wildman–Crippen MR) is 68.2 cm³/mol. The molecule has 0 aromatic carbocycles. The molecule has 0 amide bonds. The van der Waals surface area contributed by atoms with E-state index in [1.807, 2.05) is 7.05 Å². The van der Waals surface area contributed by atoms with Crippen LogP contribution in [0.3, 0.4) is 0 Å². The van der Waals surface area contributed by atoms with Crippen LogP contribution in [-0.2, 0) is 17.2 Å². The molecule has 1 aliphatic rings. The minimum atomic E-state index is 0. The van der Waals surface area contributed by atoms with E-state index < -0.39 is 0 Å². The van der Waals surface area contributed by atoms with E-state index in [1.54, 1.807) is 7.05 Å². The molecule has 4 heteroatoms. The van der Waals surface area contributed by atoms with Crippen molar-refractivity contribution < 1.29 is 22.3 Å². The van der Waals surface area contributed by atoms with E-state index in [0.29, 0.717) is 6.04 Å². The Balaban J connectivity index is -0.000000246. The fourth-order valence-electron chi connectivity index (χ4n) is 1.83. The van der Waals surface area contributed by atoms with Crippen LogP contribution in [0.4, 0.5) is 0 Å². The van der Waals surface area contributed by atoms with Crippen LogP contribution < -0.4 is 0 Å². The van der Waals surface area contributed by atoms with Gasteiger partial charge in [-0.1, -0.05) is 39.0 Å². The summed E-state index contributed by atoms with van der Waals surface area (Å²) in [7, 11) is 4.65. The Bertz CT molecular complexity index is 128. The number of aliphatic hydroxyl groups excluding tert-OH is 1. The van der Waals surface area contributed by atoms with Gasteiger partial charge in [-0.15, -0.1) is 6.04 Å². The quantitative estimate of drug-likeness (QED) is 0.783. The minimum Gasteiger partial charge on any atom is -0.358 e. The molecule has 0 aliphatic heterocycles. The second-order valence-electron chi connectivity index (χ2n) is 3.69. The first-order valence-corrected chi connectivity index (χ1v) is 6.13. The summed E-state index contributed by atoms with van der Waals surface area (Å²) in [6, 6.07) is 0.600. The van der Waals surface area contributed by atoms with Gasteiger partial charge in [0.05, 0.1) is 0 Å². The summed E-state index contributed by atoms with van der Waals surface area (Å²) in [5, 5.41) is 11.3. The molecular formula is C12H28N2OV. The molecule has 0 aromatic rings. The topological polar surface area (TPSA) is 46.7 Å². The molecule has 1 aliphatic carbocycles. The monoisotopic (exact) mass is 267 g/mol. The molecule has 0 aromatic heterocycles. The third-order valence-electron chi connectivity index (χ3n) is 2.59. The van der Waals surface area contributed by atoms with Gasteiger partial charge in [-0.05, 0) is 5.92 Å². The maximum absolute atomic E-state index is 7.00. The van der Waals surface area contributed by atoms with Gasteiger partial charge in [0.1, 0.15) is 0 Å². The van der Waals surface area contributed by atoms with Crippen LogP contribution in [0, 0.1) is 13.3 Å². The van der Waals surface area contributed by atoms with Gasteiger partial charge < -0.3 is 17.8 Å². The zero-order chi connectivity index (χ0) is 12.1.